The number of nitrogens with zero attached hydrogens (tertiary/aromatic N) is 2. The molecular formula is C13H19N3O3S3. The van der Waals surface area contributed by atoms with Gasteiger partial charge in [0.1, 0.15) is 10.0 Å². The molecule has 22 heavy (non-hydrogen) atoms. The minimum absolute atomic E-state index is 0.114. The molecule has 0 fully saturated rings. The van der Waals surface area contributed by atoms with Gasteiger partial charge in [0.05, 0.1) is 11.9 Å². The number of hydrogen-bond donors (Lipinski definition) is 2. The maximum absolute atomic E-state index is 12.0. The van der Waals surface area contributed by atoms with Gasteiger partial charge < -0.3 is 10.4 Å². The fraction of sp³-hybridized carbons (Fsp3) is 0.538. The minimum Gasteiger partial charge on any atom is -0.390 e. The van der Waals surface area contributed by atoms with E-state index in [0.717, 1.165) is 17.2 Å². The van der Waals surface area contributed by atoms with Gasteiger partial charge in [-0.15, -0.1) is 11.3 Å². The molecule has 2 N–H and O–H groups in total. The molecule has 2 aromatic heterocycles. The van der Waals surface area contributed by atoms with E-state index in [1.807, 2.05) is 20.8 Å². The lowest BCUT2D eigenvalue weighted by molar-refractivity contribution is 0.210. The number of aromatic nitrogens is 2. The lowest BCUT2D eigenvalue weighted by atomic mass is 9.96. The molecule has 0 saturated heterocycles. The van der Waals surface area contributed by atoms with Crippen LogP contribution in [0.1, 0.15) is 26.6 Å². The van der Waals surface area contributed by atoms with Crippen molar-refractivity contribution in [2.75, 3.05) is 17.6 Å². The Labute approximate surface area is 138 Å². The Morgan fingerprint density at radius 1 is 1.41 bits per heavy atom. The molecule has 2 rings (SSSR count). The fourth-order valence-corrected chi connectivity index (χ4v) is 4.88. The van der Waals surface area contributed by atoms with E-state index in [4.69, 9.17) is 0 Å². The van der Waals surface area contributed by atoms with Crippen LogP contribution >= 0.6 is 22.9 Å². The summed E-state index contributed by atoms with van der Waals surface area (Å²) in [6, 6.07) is 3.22. The van der Waals surface area contributed by atoms with Gasteiger partial charge in [0.2, 0.25) is 5.13 Å². The molecule has 0 aliphatic heterocycles. The first kappa shape index (κ1) is 17.3. The van der Waals surface area contributed by atoms with Crippen LogP contribution in [0.3, 0.4) is 0 Å². The number of thiophene rings is 1. The SMILES string of the molecule is CC(C)(C)c1nsc(NCC(O)CS(=O)(=O)c2cccs2)n1. The zero-order chi connectivity index (χ0) is 16.4. The second-order valence-corrected chi connectivity index (χ2v) is 9.88. The van der Waals surface area contributed by atoms with E-state index in [1.165, 1.54) is 11.5 Å². The molecule has 0 aliphatic rings. The molecule has 122 valence electrons. The highest BCUT2D eigenvalue weighted by Crippen LogP contribution is 2.23. The Bertz CT molecular complexity index is 702. The first-order chi connectivity index (χ1) is 10.2. The van der Waals surface area contributed by atoms with Gasteiger partial charge in [-0.05, 0) is 11.4 Å². The molecule has 0 saturated carbocycles. The number of rotatable bonds is 6. The monoisotopic (exact) mass is 361 g/mol. The first-order valence-electron chi connectivity index (χ1n) is 6.71. The lowest BCUT2D eigenvalue weighted by Crippen LogP contribution is -2.28. The van der Waals surface area contributed by atoms with Crippen molar-refractivity contribution < 1.29 is 13.5 Å². The van der Waals surface area contributed by atoms with Crippen molar-refractivity contribution in [2.45, 2.75) is 36.5 Å². The summed E-state index contributed by atoms with van der Waals surface area (Å²) in [5.41, 5.74) is -0.141. The van der Waals surface area contributed by atoms with Crippen LogP contribution < -0.4 is 5.32 Å². The van der Waals surface area contributed by atoms with E-state index < -0.39 is 15.9 Å². The molecule has 0 bridgehead atoms. The predicted molar refractivity (Wildman–Crippen MR) is 89.5 cm³/mol. The molecule has 0 amide bonds. The molecule has 0 spiro atoms. The van der Waals surface area contributed by atoms with Crippen LogP contribution in [-0.2, 0) is 15.3 Å². The zero-order valence-corrected chi connectivity index (χ0v) is 15.1. The third-order valence-corrected chi connectivity index (χ3v) is 6.76. The smallest absolute Gasteiger partial charge is 0.202 e. The average Bonchev–Trinajstić information content (AvgIpc) is 3.07. The summed E-state index contributed by atoms with van der Waals surface area (Å²) >= 11 is 2.36. The number of nitrogens with one attached hydrogen (secondary N) is 1. The van der Waals surface area contributed by atoms with E-state index in [9.17, 15) is 13.5 Å². The first-order valence-corrected chi connectivity index (χ1v) is 10.0. The lowest BCUT2D eigenvalue weighted by Gasteiger charge is -2.13. The molecule has 9 heteroatoms. The summed E-state index contributed by atoms with van der Waals surface area (Å²) in [6.07, 6.45) is -1.01. The molecule has 0 radical (unpaired) electrons. The summed E-state index contributed by atoms with van der Waals surface area (Å²) in [7, 11) is -3.44. The zero-order valence-electron chi connectivity index (χ0n) is 12.6. The molecule has 2 aromatic rings. The van der Waals surface area contributed by atoms with Crippen LogP contribution in [0.2, 0.25) is 0 Å². The van der Waals surface area contributed by atoms with Crippen LogP contribution in [0, 0.1) is 0 Å². The highest BCUT2D eigenvalue weighted by atomic mass is 32.2. The third kappa shape index (κ3) is 4.48. The second-order valence-electron chi connectivity index (χ2n) is 5.92. The van der Waals surface area contributed by atoms with E-state index in [1.54, 1.807) is 17.5 Å². The van der Waals surface area contributed by atoms with Crippen LogP contribution in [0.25, 0.3) is 0 Å². The molecule has 2 heterocycles. The molecule has 1 unspecified atom stereocenters. The van der Waals surface area contributed by atoms with Crippen molar-refractivity contribution in [3.05, 3.63) is 23.3 Å². The van der Waals surface area contributed by atoms with Crippen molar-refractivity contribution >= 4 is 37.8 Å². The van der Waals surface area contributed by atoms with Gasteiger partial charge in [-0.2, -0.15) is 4.37 Å². The fourth-order valence-electron chi connectivity index (χ4n) is 1.64. The number of aliphatic hydroxyl groups is 1. The molecule has 6 nitrogen and oxygen atoms in total. The highest BCUT2D eigenvalue weighted by Gasteiger charge is 2.22. The average molecular weight is 362 g/mol. The normalized spacial score (nSPS) is 14.0. The van der Waals surface area contributed by atoms with Gasteiger partial charge >= 0.3 is 0 Å². The third-order valence-electron chi connectivity index (χ3n) is 2.80. The number of anilines is 1. The van der Waals surface area contributed by atoms with Crippen molar-refractivity contribution in [3.8, 4) is 0 Å². The number of hydrogen-bond acceptors (Lipinski definition) is 8. The van der Waals surface area contributed by atoms with Gasteiger partial charge in [-0.25, -0.2) is 13.4 Å². The number of aliphatic hydroxyl groups excluding tert-OH is 1. The standard InChI is InChI=1S/C13H19N3O3S3/c1-13(2,3)11-15-12(21-16-11)14-7-9(17)8-22(18,19)10-5-4-6-20-10/h4-6,9,17H,7-8H2,1-3H3,(H,14,15,16). The van der Waals surface area contributed by atoms with Crippen LogP contribution in [0.15, 0.2) is 21.7 Å². The van der Waals surface area contributed by atoms with E-state index in [2.05, 4.69) is 14.7 Å². The quantitative estimate of drug-likeness (QED) is 0.819. The van der Waals surface area contributed by atoms with Crippen molar-refractivity contribution in [2.24, 2.45) is 0 Å². The minimum atomic E-state index is -3.44. The molecule has 1 atom stereocenters. The van der Waals surface area contributed by atoms with Gasteiger partial charge in [0, 0.05) is 23.5 Å². The maximum Gasteiger partial charge on any atom is 0.202 e. The second kappa shape index (κ2) is 6.61. The summed E-state index contributed by atoms with van der Waals surface area (Å²) < 4.78 is 28.6. The molecule has 0 aliphatic carbocycles. The van der Waals surface area contributed by atoms with Crippen LogP contribution in [0.5, 0.6) is 0 Å². The van der Waals surface area contributed by atoms with E-state index >= 15 is 0 Å². The Balaban J connectivity index is 1.91. The predicted octanol–water partition coefficient (Wildman–Crippen LogP) is 2.14. The summed E-state index contributed by atoms with van der Waals surface area (Å²) in [5.74, 6) is 0.409. The van der Waals surface area contributed by atoms with E-state index in [0.29, 0.717) is 5.13 Å². The van der Waals surface area contributed by atoms with Gasteiger partial charge in [0.25, 0.3) is 0 Å². The number of sulfone groups is 1. The topological polar surface area (TPSA) is 92.2 Å². The van der Waals surface area contributed by atoms with Crippen LogP contribution in [-0.4, -0.2) is 41.3 Å². The van der Waals surface area contributed by atoms with Gasteiger partial charge in [0.15, 0.2) is 9.84 Å². The van der Waals surface area contributed by atoms with Gasteiger partial charge in [-0.3, -0.25) is 0 Å². The Morgan fingerprint density at radius 3 is 2.68 bits per heavy atom. The summed E-state index contributed by atoms with van der Waals surface area (Å²) in [5, 5.41) is 15.2. The van der Waals surface area contributed by atoms with Crippen molar-refractivity contribution in [1.29, 1.82) is 0 Å². The Morgan fingerprint density at radius 2 is 2.14 bits per heavy atom. The maximum atomic E-state index is 12.0. The molecule has 0 aromatic carbocycles. The van der Waals surface area contributed by atoms with Crippen LogP contribution in [0.4, 0.5) is 5.13 Å². The summed E-state index contributed by atoms with van der Waals surface area (Å²) in [6.45, 7) is 6.16. The molecular weight excluding hydrogens is 342 g/mol. The Hall–Kier alpha value is -1.03. The largest absolute Gasteiger partial charge is 0.390 e. The van der Waals surface area contributed by atoms with Crippen molar-refractivity contribution in [1.82, 2.24) is 9.36 Å². The van der Waals surface area contributed by atoms with Gasteiger partial charge in [-0.1, -0.05) is 26.8 Å². The highest BCUT2D eigenvalue weighted by molar-refractivity contribution is 7.93. The Kier molecular flexibility index (Phi) is 5.21. The van der Waals surface area contributed by atoms with Crippen molar-refractivity contribution in [3.63, 3.8) is 0 Å². The summed E-state index contributed by atoms with van der Waals surface area (Å²) in [4.78, 5) is 4.34. The van der Waals surface area contributed by atoms with E-state index in [-0.39, 0.29) is 21.9 Å².